The number of amides is 1. The normalized spacial score (nSPS) is 17.2. The number of likely N-dealkylation sites (tertiary alicyclic amines) is 1. The number of Topliss-reactive ketones (excluding diaryl/α,β-unsaturated/α-hetero) is 1. The Labute approximate surface area is 207 Å². The van der Waals surface area contributed by atoms with Crippen LogP contribution in [0.15, 0.2) is 71.0 Å². The highest BCUT2D eigenvalue weighted by Gasteiger charge is 2.47. The van der Waals surface area contributed by atoms with E-state index in [1.165, 1.54) is 18.3 Å². The van der Waals surface area contributed by atoms with Gasteiger partial charge in [-0.25, -0.2) is 4.98 Å². The summed E-state index contributed by atoms with van der Waals surface area (Å²) in [6, 6.07) is 13.2. The molecule has 5 rings (SSSR count). The van der Waals surface area contributed by atoms with Crippen molar-refractivity contribution < 1.29 is 28.6 Å². The molecule has 1 atom stereocenters. The Balaban J connectivity index is 1.72. The molecule has 1 N–H and O–H groups in total. The molecular weight excluding hydrogens is 462 g/mol. The van der Waals surface area contributed by atoms with Crippen LogP contribution in [0.5, 0.6) is 11.5 Å². The number of rotatable bonds is 7. The predicted molar refractivity (Wildman–Crippen MR) is 131 cm³/mol. The lowest BCUT2D eigenvalue weighted by atomic mass is 9.95. The number of ether oxygens (including phenoxy) is 2. The first-order chi connectivity index (χ1) is 17.4. The standard InChI is InChI=1S/C27H25N3O6/c1-4-35-19-11-10-17(14-20(19)34-3)24-22(26(32)27(33)30(24)15-18-8-7-13-36-18)25(31)23-16(2)28-21-9-5-6-12-29(21)23/h5-14,24,31H,4,15H2,1-3H3/b25-22+. The molecule has 0 aliphatic carbocycles. The van der Waals surface area contributed by atoms with Gasteiger partial charge in [-0.3, -0.25) is 14.0 Å². The molecule has 1 saturated heterocycles. The summed E-state index contributed by atoms with van der Waals surface area (Å²) in [7, 11) is 1.52. The second-order valence-corrected chi connectivity index (χ2v) is 8.32. The molecule has 4 aromatic rings. The zero-order valence-corrected chi connectivity index (χ0v) is 20.1. The van der Waals surface area contributed by atoms with Gasteiger partial charge in [-0.15, -0.1) is 0 Å². The number of furan rings is 1. The number of aromatic nitrogens is 2. The summed E-state index contributed by atoms with van der Waals surface area (Å²) in [4.78, 5) is 32.6. The van der Waals surface area contributed by atoms with Gasteiger partial charge in [0.1, 0.15) is 17.1 Å². The number of aliphatic hydroxyl groups excluding tert-OH is 1. The minimum atomic E-state index is -0.895. The van der Waals surface area contributed by atoms with Gasteiger partial charge < -0.3 is 23.9 Å². The van der Waals surface area contributed by atoms with E-state index in [9.17, 15) is 14.7 Å². The molecule has 0 spiro atoms. The summed E-state index contributed by atoms with van der Waals surface area (Å²) in [6.07, 6.45) is 3.25. The van der Waals surface area contributed by atoms with Crippen LogP contribution in [0.4, 0.5) is 0 Å². The van der Waals surface area contributed by atoms with Gasteiger partial charge in [0, 0.05) is 6.20 Å². The molecule has 0 bridgehead atoms. The van der Waals surface area contributed by atoms with Gasteiger partial charge in [-0.05, 0) is 55.8 Å². The maximum absolute atomic E-state index is 13.4. The second kappa shape index (κ2) is 9.26. The number of carbonyl (C=O) groups is 2. The Hall–Kier alpha value is -4.53. The Morgan fingerprint density at radius 3 is 2.69 bits per heavy atom. The highest BCUT2D eigenvalue weighted by Crippen LogP contribution is 2.43. The molecule has 1 aliphatic rings. The summed E-state index contributed by atoms with van der Waals surface area (Å²) < 4.78 is 18.3. The van der Waals surface area contributed by atoms with E-state index < -0.39 is 17.7 Å². The molecule has 0 saturated carbocycles. The molecule has 1 fully saturated rings. The maximum atomic E-state index is 13.4. The molecule has 1 aromatic carbocycles. The number of hydrogen-bond donors (Lipinski definition) is 1. The van der Waals surface area contributed by atoms with Crippen molar-refractivity contribution in [3.8, 4) is 11.5 Å². The molecule has 0 radical (unpaired) electrons. The van der Waals surface area contributed by atoms with Crippen molar-refractivity contribution in [1.29, 1.82) is 0 Å². The van der Waals surface area contributed by atoms with Crippen molar-refractivity contribution in [2.45, 2.75) is 26.4 Å². The average molecular weight is 488 g/mol. The number of benzene rings is 1. The molecule has 1 unspecified atom stereocenters. The topological polar surface area (TPSA) is 107 Å². The number of fused-ring (bicyclic) bond motifs is 1. The lowest BCUT2D eigenvalue weighted by Gasteiger charge is -2.25. The zero-order chi connectivity index (χ0) is 25.4. The summed E-state index contributed by atoms with van der Waals surface area (Å²) in [6.45, 7) is 4.10. The van der Waals surface area contributed by atoms with E-state index in [4.69, 9.17) is 13.9 Å². The fraction of sp³-hybridized carbons (Fsp3) is 0.222. The number of pyridine rings is 1. The van der Waals surface area contributed by atoms with Crippen molar-refractivity contribution in [2.75, 3.05) is 13.7 Å². The van der Waals surface area contributed by atoms with Crippen LogP contribution in [0.25, 0.3) is 11.4 Å². The number of hydrogen-bond acceptors (Lipinski definition) is 7. The lowest BCUT2D eigenvalue weighted by Crippen LogP contribution is -2.29. The minimum Gasteiger partial charge on any atom is -0.505 e. The summed E-state index contributed by atoms with van der Waals surface area (Å²) in [5.41, 5.74) is 2.03. The van der Waals surface area contributed by atoms with Gasteiger partial charge in [0.15, 0.2) is 17.3 Å². The largest absolute Gasteiger partial charge is 0.505 e. The number of nitrogens with zero attached hydrogens (tertiary/aromatic N) is 3. The Bertz CT molecular complexity index is 1480. The highest BCUT2D eigenvalue weighted by molar-refractivity contribution is 6.46. The molecule has 36 heavy (non-hydrogen) atoms. The SMILES string of the molecule is CCOc1ccc(C2/C(=C(\O)c3c(C)nc4ccccn34)C(=O)C(=O)N2Cc2ccco2)cc1OC. The maximum Gasteiger partial charge on any atom is 0.296 e. The molecule has 9 nitrogen and oxygen atoms in total. The Kier molecular flexibility index (Phi) is 5.97. The van der Waals surface area contributed by atoms with E-state index in [1.807, 2.05) is 13.0 Å². The third-order valence-electron chi connectivity index (χ3n) is 6.18. The van der Waals surface area contributed by atoms with Crippen LogP contribution in [0, 0.1) is 6.92 Å². The first-order valence-electron chi connectivity index (χ1n) is 11.5. The number of carbonyl (C=O) groups excluding carboxylic acids is 2. The van der Waals surface area contributed by atoms with Gasteiger partial charge in [-0.1, -0.05) is 12.1 Å². The van der Waals surface area contributed by atoms with Crippen molar-refractivity contribution in [2.24, 2.45) is 0 Å². The summed E-state index contributed by atoms with van der Waals surface area (Å²) >= 11 is 0. The second-order valence-electron chi connectivity index (χ2n) is 8.32. The van der Waals surface area contributed by atoms with E-state index in [-0.39, 0.29) is 17.9 Å². The van der Waals surface area contributed by atoms with E-state index in [2.05, 4.69) is 4.98 Å². The average Bonchev–Trinajstić information content (AvgIpc) is 3.57. The third-order valence-corrected chi connectivity index (χ3v) is 6.18. The molecular formula is C27H25N3O6. The third kappa shape index (κ3) is 3.78. The number of aryl methyl sites for hydroxylation is 1. The number of imidazole rings is 1. The van der Waals surface area contributed by atoms with E-state index >= 15 is 0 Å². The first kappa shape index (κ1) is 23.2. The predicted octanol–water partition coefficient (Wildman–Crippen LogP) is 4.26. The quantitative estimate of drug-likeness (QED) is 0.236. The highest BCUT2D eigenvalue weighted by atomic mass is 16.5. The van der Waals surface area contributed by atoms with E-state index in [1.54, 1.807) is 60.0 Å². The molecule has 3 aromatic heterocycles. The lowest BCUT2D eigenvalue weighted by molar-refractivity contribution is -0.140. The van der Waals surface area contributed by atoms with E-state index in [0.29, 0.717) is 46.5 Å². The van der Waals surface area contributed by atoms with Crippen LogP contribution >= 0.6 is 0 Å². The number of aliphatic hydroxyl groups is 1. The van der Waals surface area contributed by atoms with Crippen LogP contribution < -0.4 is 9.47 Å². The zero-order valence-electron chi connectivity index (χ0n) is 20.1. The first-order valence-corrected chi connectivity index (χ1v) is 11.5. The molecule has 1 amide bonds. The summed E-state index contributed by atoms with van der Waals surface area (Å²) in [5.74, 6) is -0.345. The Morgan fingerprint density at radius 1 is 1.14 bits per heavy atom. The smallest absolute Gasteiger partial charge is 0.296 e. The van der Waals surface area contributed by atoms with Gasteiger partial charge in [0.25, 0.3) is 11.7 Å². The van der Waals surface area contributed by atoms with Gasteiger partial charge in [0.05, 0.1) is 43.8 Å². The molecule has 4 heterocycles. The van der Waals surface area contributed by atoms with Gasteiger partial charge >= 0.3 is 0 Å². The molecule has 9 heteroatoms. The van der Waals surface area contributed by atoms with Crippen molar-refractivity contribution >= 4 is 23.1 Å². The van der Waals surface area contributed by atoms with Crippen molar-refractivity contribution in [3.63, 3.8) is 0 Å². The minimum absolute atomic E-state index is 0.0356. The van der Waals surface area contributed by atoms with Crippen molar-refractivity contribution in [3.05, 3.63) is 89.3 Å². The monoisotopic (exact) mass is 487 g/mol. The molecule has 1 aliphatic heterocycles. The van der Waals surface area contributed by atoms with Crippen molar-refractivity contribution in [1.82, 2.24) is 14.3 Å². The molecule has 184 valence electrons. The number of ketones is 1. The van der Waals surface area contributed by atoms with Crippen LogP contribution in [0.2, 0.25) is 0 Å². The van der Waals surface area contributed by atoms with Crippen LogP contribution in [-0.2, 0) is 16.1 Å². The van der Waals surface area contributed by atoms with Crippen LogP contribution in [-0.4, -0.2) is 44.8 Å². The fourth-order valence-electron chi connectivity index (χ4n) is 4.62. The van der Waals surface area contributed by atoms with Gasteiger partial charge in [0.2, 0.25) is 0 Å². The summed E-state index contributed by atoms with van der Waals surface area (Å²) in [5, 5.41) is 11.6. The fourth-order valence-corrected chi connectivity index (χ4v) is 4.62. The van der Waals surface area contributed by atoms with Crippen LogP contribution in [0.3, 0.4) is 0 Å². The van der Waals surface area contributed by atoms with Gasteiger partial charge in [-0.2, -0.15) is 0 Å². The Morgan fingerprint density at radius 2 is 1.97 bits per heavy atom. The van der Waals surface area contributed by atoms with E-state index in [0.717, 1.165) is 0 Å². The number of methoxy groups -OCH3 is 1. The van der Waals surface area contributed by atoms with Crippen LogP contribution in [0.1, 0.15) is 35.7 Å².